The molecule has 0 saturated heterocycles. The van der Waals surface area contributed by atoms with Crippen molar-refractivity contribution in [1.82, 2.24) is 10.3 Å². The fourth-order valence-electron chi connectivity index (χ4n) is 3.92. The minimum absolute atomic E-state index is 0.0926. The number of rotatable bonds is 6. The average Bonchev–Trinajstić information content (AvgIpc) is 3.04. The lowest BCUT2D eigenvalue weighted by Crippen LogP contribution is -2.41. The van der Waals surface area contributed by atoms with Crippen LogP contribution in [0.2, 0.25) is 0 Å². The number of ether oxygens (including phenoxy) is 1. The highest BCUT2D eigenvalue weighted by Gasteiger charge is 2.40. The Hall–Kier alpha value is -2.60. The third-order valence-electron chi connectivity index (χ3n) is 5.69. The van der Waals surface area contributed by atoms with Gasteiger partial charge in [-0.05, 0) is 30.7 Å². The van der Waals surface area contributed by atoms with Crippen molar-refractivity contribution in [1.29, 1.82) is 0 Å². The quantitative estimate of drug-likeness (QED) is 0.781. The molecule has 4 rings (SSSR count). The molecule has 6 heteroatoms. The molecule has 1 aliphatic carbocycles. The van der Waals surface area contributed by atoms with Gasteiger partial charge in [0, 0.05) is 25.5 Å². The van der Waals surface area contributed by atoms with Gasteiger partial charge in [0.1, 0.15) is 5.82 Å². The van der Waals surface area contributed by atoms with E-state index in [1.54, 1.807) is 19.2 Å². The molecule has 1 fully saturated rings. The summed E-state index contributed by atoms with van der Waals surface area (Å²) in [5, 5.41) is 2.95. The van der Waals surface area contributed by atoms with Crippen LogP contribution in [0.3, 0.4) is 0 Å². The van der Waals surface area contributed by atoms with Gasteiger partial charge in [-0.1, -0.05) is 12.1 Å². The topological polar surface area (TPSA) is 54.2 Å². The molecular weight excluding hydrogens is 357 g/mol. The number of methoxy groups -OCH3 is 1. The molecule has 2 aromatic rings. The Morgan fingerprint density at radius 1 is 1.36 bits per heavy atom. The molecule has 28 heavy (non-hydrogen) atoms. The summed E-state index contributed by atoms with van der Waals surface area (Å²) in [7, 11) is 1.76. The Labute approximate surface area is 164 Å². The van der Waals surface area contributed by atoms with E-state index < -0.39 is 0 Å². The van der Waals surface area contributed by atoms with E-state index in [9.17, 15) is 9.18 Å². The van der Waals surface area contributed by atoms with Crippen molar-refractivity contribution >= 4 is 17.8 Å². The van der Waals surface area contributed by atoms with Crippen molar-refractivity contribution in [3.05, 3.63) is 59.2 Å². The van der Waals surface area contributed by atoms with Gasteiger partial charge >= 0.3 is 0 Å². The first-order valence-corrected chi connectivity index (χ1v) is 9.70. The van der Waals surface area contributed by atoms with E-state index in [-0.39, 0.29) is 24.2 Å². The number of nitrogens with zero attached hydrogens (tertiary/aromatic N) is 2. The Balaban J connectivity index is 1.36. The van der Waals surface area contributed by atoms with Gasteiger partial charge < -0.3 is 10.1 Å². The Morgan fingerprint density at radius 2 is 2.11 bits per heavy atom. The molecule has 0 bridgehead atoms. The molecular formula is C22H25FN3O2+. The molecule has 0 radical (unpaired) electrons. The fraction of sp³-hybridized carbons (Fsp3) is 0.409. The summed E-state index contributed by atoms with van der Waals surface area (Å²) < 4.78 is 20.7. The maximum absolute atomic E-state index is 13.0. The minimum Gasteiger partial charge on any atom is -0.381 e. The van der Waals surface area contributed by atoms with Crippen molar-refractivity contribution in [2.24, 2.45) is 0 Å². The van der Waals surface area contributed by atoms with Crippen LogP contribution in [-0.2, 0) is 22.4 Å². The number of pyridine rings is 1. The zero-order valence-corrected chi connectivity index (χ0v) is 16.2. The van der Waals surface area contributed by atoms with E-state index in [0.717, 1.165) is 36.2 Å². The van der Waals surface area contributed by atoms with Crippen molar-refractivity contribution in [2.45, 2.75) is 50.8 Å². The third-order valence-corrected chi connectivity index (χ3v) is 5.69. The molecule has 1 amide bonds. The van der Waals surface area contributed by atoms with E-state index in [1.165, 1.54) is 17.7 Å². The molecule has 146 valence electrons. The lowest BCUT2D eigenvalue weighted by atomic mass is 9.88. The van der Waals surface area contributed by atoms with Crippen LogP contribution in [0.4, 0.5) is 10.1 Å². The van der Waals surface area contributed by atoms with Crippen LogP contribution in [-0.4, -0.2) is 40.9 Å². The van der Waals surface area contributed by atoms with Crippen LogP contribution in [0.25, 0.3) is 0 Å². The lowest BCUT2D eigenvalue weighted by molar-refractivity contribution is -0.501. The molecule has 0 spiro atoms. The smallest absolute Gasteiger partial charge is 0.227 e. The molecule has 2 heterocycles. The number of benzene rings is 1. The second-order valence-corrected chi connectivity index (χ2v) is 7.60. The standard InChI is InChI=1S/C22H24FN3O2/c1-14(15-3-5-17(23)6-4-15)25-22(27)10-18-9-16-7-8-26(21(16)13-24-18)19-11-20(12-19)28-2/h3-6,8-9,13-14,19-20H,7,10-12H2,1-2H3/p+1/t14-,19?,20?/m1/s1. The maximum Gasteiger partial charge on any atom is 0.227 e. The van der Waals surface area contributed by atoms with Gasteiger partial charge in [0.2, 0.25) is 11.6 Å². The van der Waals surface area contributed by atoms with E-state index in [0.29, 0.717) is 12.1 Å². The second-order valence-electron chi connectivity index (χ2n) is 7.60. The summed E-state index contributed by atoms with van der Waals surface area (Å²) in [5.74, 6) is -0.375. The minimum atomic E-state index is -0.282. The number of amides is 1. The summed E-state index contributed by atoms with van der Waals surface area (Å²) in [5.41, 5.74) is 3.99. The number of nitrogens with one attached hydrogen (secondary N) is 1. The average molecular weight is 382 g/mol. The van der Waals surface area contributed by atoms with Crippen molar-refractivity contribution in [3.8, 4) is 0 Å². The number of hydrogen-bond acceptors (Lipinski definition) is 3. The summed E-state index contributed by atoms with van der Waals surface area (Å²) in [4.78, 5) is 16.9. The van der Waals surface area contributed by atoms with Crippen molar-refractivity contribution in [3.63, 3.8) is 0 Å². The van der Waals surface area contributed by atoms with E-state index in [4.69, 9.17) is 4.74 Å². The van der Waals surface area contributed by atoms with Gasteiger partial charge in [-0.25, -0.2) is 4.39 Å². The van der Waals surface area contributed by atoms with Gasteiger partial charge in [0.15, 0.2) is 12.3 Å². The highest BCUT2D eigenvalue weighted by molar-refractivity contribution is 5.79. The highest BCUT2D eigenvalue weighted by Crippen LogP contribution is 2.34. The van der Waals surface area contributed by atoms with Crippen LogP contribution >= 0.6 is 0 Å². The number of carbonyl (C=O) groups excluding carboxylic acids is 1. The predicted octanol–water partition coefficient (Wildman–Crippen LogP) is 3.09. The molecule has 1 aromatic heterocycles. The Bertz CT molecular complexity index is 904. The molecule has 5 nitrogen and oxygen atoms in total. The molecule has 1 N–H and O–H groups in total. The molecule has 0 unspecified atom stereocenters. The summed E-state index contributed by atoms with van der Waals surface area (Å²) in [6, 6.07) is 8.51. The second kappa shape index (κ2) is 7.80. The lowest BCUT2D eigenvalue weighted by Gasteiger charge is -2.30. The molecule has 1 saturated carbocycles. The van der Waals surface area contributed by atoms with Gasteiger partial charge in [-0.15, -0.1) is 0 Å². The largest absolute Gasteiger partial charge is 0.381 e. The van der Waals surface area contributed by atoms with Crippen LogP contribution in [0.1, 0.15) is 42.6 Å². The predicted molar refractivity (Wildman–Crippen MR) is 104 cm³/mol. The van der Waals surface area contributed by atoms with Crippen LogP contribution in [0.15, 0.2) is 36.5 Å². The highest BCUT2D eigenvalue weighted by atomic mass is 19.1. The van der Waals surface area contributed by atoms with Crippen molar-refractivity contribution < 1.29 is 18.5 Å². The fourth-order valence-corrected chi connectivity index (χ4v) is 3.92. The number of hydrogen-bond donors (Lipinski definition) is 1. The van der Waals surface area contributed by atoms with E-state index >= 15 is 0 Å². The zero-order valence-electron chi connectivity index (χ0n) is 16.2. The summed E-state index contributed by atoms with van der Waals surface area (Å²) >= 11 is 0. The first-order chi connectivity index (χ1) is 13.5. The molecule has 1 aliphatic heterocycles. The monoisotopic (exact) mass is 382 g/mol. The van der Waals surface area contributed by atoms with Crippen LogP contribution < -0.4 is 5.32 Å². The first kappa shape index (κ1) is 18.7. The number of aromatic nitrogens is 1. The number of fused-ring (bicyclic) bond motifs is 1. The Kier molecular flexibility index (Phi) is 5.22. The first-order valence-electron chi connectivity index (χ1n) is 9.70. The van der Waals surface area contributed by atoms with Gasteiger partial charge in [0.05, 0.1) is 36.9 Å². The SMILES string of the molecule is COC1CC([N+]2=CCc3cc(CC(=O)N[C@H](C)c4ccc(F)cc4)ncc32)C1. The number of carbonyl (C=O) groups is 1. The third kappa shape index (κ3) is 3.83. The van der Waals surface area contributed by atoms with E-state index in [1.807, 2.05) is 19.2 Å². The normalized spacial score (nSPS) is 21.5. The maximum atomic E-state index is 13.0. The number of halogens is 1. The Morgan fingerprint density at radius 3 is 2.82 bits per heavy atom. The van der Waals surface area contributed by atoms with Gasteiger partial charge in [0.25, 0.3) is 0 Å². The zero-order chi connectivity index (χ0) is 19.7. The molecule has 1 atom stereocenters. The van der Waals surface area contributed by atoms with Gasteiger partial charge in [-0.3, -0.25) is 9.78 Å². The van der Waals surface area contributed by atoms with Crippen LogP contribution in [0.5, 0.6) is 0 Å². The van der Waals surface area contributed by atoms with Crippen LogP contribution in [0, 0.1) is 5.82 Å². The molecule has 2 aliphatic rings. The van der Waals surface area contributed by atoms with Gasteiger partial charge in [-0.2, -0.15) is 4.58 Å². The molecule has 1 aromatic carbocycles. The van der Waals surface area contributed by atoms with E-state index in [2.05, 4.69) is 21.1 Å². The summed E-state index contributed by atoms with van der Waals surface area (Å²) in [6.45, 7) is 1.89. The summed E-state index contributed by atoms with van der Waals surface area (Å²) in [6.07, 6.45) is 7.63. The van der Waals surface area contributed by atoms with Crippen molar-refractivity contribution in [2.75, 3.05) is 7.11 Å².